The Morgan fingerprint density at radius 3 is 2.47 bits per heavy atom. The van der Waals surface area contributed by atoms with Crippen molar-refractivity contribution < 1.29 is 4.79 Å². The van der Waals surface area contributed by atoms with E-state index in [1.54, 1.807) is 4.90 Å². The van der Waals surface area contributed by atoms with Gasteiger partial charge in [-0.15, -0.1) is 0 Å². The maximum atomic E-state index is 13.1. The number of aromatic nitrogens is 2. The lowest BCUT2D eigenvalue weighted by atomic mass is 10.0. The van der Waals surface area contributed by atoms with E-state index in [2.05, 4.69) is 51.1 Å². The van der Waals surface area contributed by atoms with Gasteiger partial charge in [-0.05, 0) is 61.2 Å². The van der Waals surface area contributed by atoms with Crippen molar-refractivity contribution in [3.05, 3.63) is 94.8 Å². The van der Waals surface area contributed by atoms with E-state index >= 15 is 0 Å². The summed E-state index contributed by atoms with van der Waals surface area (Å²) in [5, 5.41) is 0. The second-order valence-corrected chi connectivity index (χ2v) is 8.05. The molecule has 1 amide bonds. The minimum Gasteiger partial charge on any atom is -0.341 e. The highest BCUT2D eigenvalue weighted by Gasteiger charge is 2.19. The van der Waals surface area contributed by atoms with Gasteiger partial charge in [0.05, 0.1) is 17.8 Å². The molecule has 4 nitrogen and oxygen atoms in total. The van der Waals surface area contributed by atoms with Crippen molar-refractivity contribution in [3.63, 3.8) is 0 Å². The number of amides is 1. The molecule has 2 aromatic heterocycles. The zero-order valence-corrected chi connectivity index (χ0v) is 18.0. The molecule has 4 aromatic rings. The minimum absolute atomic E-state index is 0.0753. The summed E-state index contributed by atoms with van der Waals surface area (Å²) < 4.78 is 2.05. The number of hydrogen-bond acceptors (Lipinski definition) is 2. The summed E-state index contributed by atoms with van der Waals surface area (Å²) >= 11 is 0. The zero-order chi connectivity index (χ0) is 21.3. The fraction of sp³-hybridized carbons (Fsp3) is 0.231. The molecule has 30 heavy (non-hydrogen) atoms. The van der Waals surface area contributed by atoms with Gasteiger partial charge >= 0.3 is 0 Å². The van der Waals surface area contributed by atoms with E-state index in [1.165, 1.54) is 11.1 Å². The molecule has 0 aliphatic heterocycles. The summed E-state index contributed by atoms with van der Waals surface area (Å²) in [7, 11) is 1.86. The van der Waals surface area contributed by atoms with Gasteiger partial charge in [-0.1, -0.05) is 42.5 Å². The van der Waals surface area contributed by atoms with E-state index in [4.69, 9.17) is 4.98 Å². The van der Waals surface area contributed by atoms with E-state index in [-0.39, 0.29) is 5.91 Å². The molecule has 0 aliphatic rings. The second-order valence-electron chi connectivity index (χ2n) is 8.05. The van der Waals surface area contributed by atoms with Crippen LogP contribution in [0.1, 0.15) is 27.9 Å². The molecule has 0 N–H and O–H groups in total. The van der Waals surface area contributed by atoms with Crippen LogP contribution in [0.4, 0.5) is 0 Å². The van der Waals surface area contributed by atoms with Crippen LogP contribution in [0.15, 0.2) is 66.9 Å². The van der Waals surface area contributed by atoms with Crippen LogP contribution < -0.4 is 0 Å². The van der Waals surface area contributed by atoms with Crippen LogP contribution in [0.25, 0.3) is 16.9 Å². The van der Waals surface area contributed by atoms with Gasteiger partial charge in [0.1, 0.15) is 5.65 Å². The number of aryl methyl sites for hydroxylation is 3. The van der Waals surface area contributed by atoms with Gasteiger partial charge in [0.25, 0.3) is 0 Å². The van der Waals surface area contributed by atoms with Gasteiger partial charge in [0.15, 0.2) is 0 Å². The third-order valence-electron chi connectivity index (χ3n) is 5.67. The molecule has 0 aliphatic carbocycles. The van der Waals surface area contributed by atoms with Gasteiger partial charge in [0.2, 0.25) is 5.91 Å². The fourth-order valence-electron chi connectivity index (χ4n) is 3.71. The number of carbonyl (C=O) groups excluding carboxylic acids is 1. The predicted molar refractivity (Wildman–Crippen MR) is 121 cm³/mol. The van der Waals surface area contributed by atoms with Gasteiger partial charge in [-0.2, -0.15) is 0 Å². The number of fused-ring (bicyclic) bond motifs is 1. The van der Waals surface area contributed by atoms with Gasteiger partial charge in [-0.25, -0.2) is 4.98 Å². The second kappa shape index (κ2) is 8.15. The van der Waals surface area contributed by atoms with Crippen molar-refractivity contribution in [1.29, 1.82) is 0 Å². The van der Waals surface area contributed by atoms with Crippen LogP contribution in [0.2, 0.25) is 0 Å². The normalized spacial score (nSPS) is 11.1. The van der Waals surface area contributed by atoms with Gasteiger partial charge in [0, 0.05) is 25.4 Å². The quantitative estimate of drug-likeness (QED) is 0.468. The molecule has 0 atom stereocenters. The monoisotopic (exact) mass is 397 g/mol. The highest BCUT2D eigenvalue weighted by molar-refractivity contribution is 5.81. The van der Waals surface area contributed by atoms with Gasteiger partial charge < -0.3 is 9.30 Å². The maximum Gasteiger partial charge on any atom is 0.228 e. The summed E-state index contributed by atoms with van der Waals surface area (Å²) in [6, 6.07) is 20.6. The molecule has 4 heteroatoms. The Labute approximate surface area is 177 Å². The highest BCUT2D eigenvalue weighted by atomic mass is 16.2. The Bertz CT molecular complexity index is 1210. The number of rotatable bonds is 5. The summed E-state index contributed by atoms with van der Waals surface area (Å²) in [4.78, 5) is 19.8. The first-order valence-electron chi connectivity index (χ1n) is 10.3. The zero-order valence-electron chi connectivity index (χ0n) is 18.0. The smallest absolute Gasteiger partial charge is 0.228 e. The topological polar surface area (TPSA) is 37.6 Å². The van der Waals surface area contributed by atoms with E-state index in [9.17, 15) is 4.79 Å². The number of likely N-dealkylation sites (N-methyl/N-ethyl adjacent to an activating group) is 1. The molecular weight excluding hydrogens is 370 g/mol. The van der Waals surface area contributed by atoms with Crippen molar-refractivity contribution in [2.75, 3.05) is 7.05 Å². The number of benzene rings is 2. The molecule has 0 fully saturated rings. The molecule has 0 saturated heterocycles. The molecule has 0 bridgehead atoms. The standard InChI is InChI=1S/C26H27N3O/c1-18-12-13-29-23(16-25(30)28(4)17-21-8-6-5-7-9-21)26(27-24(29)14-18)22-11-10-19(2)20(3)15-22/h5-15H,16-17H2,1-4H3. The maximum absolute atomic E-state index is 13.1. The van der Waals surface area contributed by atoms with Crippen LogP contribution >= 0.6 is 0 Å². The first kappa shape index (κ1) is 19.9. The summed E-state index contributed by atoms with van der Waals surface area (Å²) in [5.41, 5.74) is 8.47. The Kier molecular flexibility index (Phi) is 5.40. The molecule has 4 rings (SSSR count). The number of nitrogens with zero attached hydrogens (tertiary/aromatic N) is 3. The van der Waals surface area contributed by atoms with Crippen molar-refractivity contribution in [3.8, 4) is 11.3 Å². The summed E-state index contributed by atoms with van der Waals surface area (Å²) in [5.74, 6) is 0.0753. The van der Waals surface area contributed by atoms with Crippen LogP contribution in [-0.4, -0.2) is 27.2 Å². The Morgan fingerprint density at radius 1 is 0.967 bits per heavy atom. The minimum atomic E-state index is 0.0753. The van der Waals surface area contributed by atoms with Crippen LogP contribution in [0.3, 0.4) is 0 Å². The van der Waals surface area contributed by atoms with Crippen LogP contribution in [0.5, 0.6) is 0 Å². The van der Waals surface area contributed by atoms with Crippen molar-refractivity contribution in [1.82, 2.24) is 14.3 Å². The van der Waals surface area contributed by atoms with Crippen LogP contribution in [-0.2, 0) is 17.8 Å². The van der Waals surface area contributed by atoms with Crippen molar-refractivity contribution in [2.24, 2.45) is 0 Å². The average Bonchev–Trinajstić information content (AvgIpc) is 3.08. The third-order valence-corrected chi connectivity index (χ3v) is 5.67. The summed E-state index contributed by atoms with van der Waals surface area (Å²) in [6.07, 6.45) is 2.32. The largest absolute Gasteiger partial charge is 0.341 e. The van der Waals surface area contributed by atoms with Gasteiger partial charge in [-0.3, -0.25) is 4.79 Å². The lowest BCUT2D eigenvalue weighted by molar-refractivity contribution is -0.129. The molecule has 2 aromatic carbocycles. The number of pyridine rings is 1. The Balaban J connectivity index is 1.71. The highest BCUT2D eigenvalue weighted by Crippen LogP contribution is 2.27. The average molecular weight is 398 g/mol. The lowest BCUT2D eigenvalue weighted by Crippen LogP contribution is -2.28. The van der Waals surface area contributed by atoms with Crippen LogP contribution in [0, 0.1) is 20.8 Å². The lowest BCUT2D eigenvalue weighted by Gasteiger charge is -2.18. The first-order chi connectivity index (χ1) is 14.4. The number of imidazole rings is 1. The number of carbonyl (C=O) groups is 1. The molecule has 0 saturated carbocycles. The number of hydrogen-bond donors (Lipinski definition) is 0. The fourth-order valence-corrected chi connectivity index (χ4v) is 3.71. The molecule has 0 spiro atoms. The van der Waals surface area contributed by atoms with E-state index < -0.39 is 0 Å². The summed E-state index contributed by atoms with van der Waals surface area (Å²) in [6.45, 7) is 6.86. The van der Waals surface area contributed by atoms with E-state index in [0.29, 0.717) is 13.0 Å². The van der Waals surface area contributed by atoms with Crippen molar-refractivity contribution in [2.45, 2.75) is 33.7 Å². The van der Waals surface area contributed by atoms with E-state index in [1.807, 2.05) is 48.0 Å². The Morgan fingerprint density at radius 2 is 1.73 bits per heavy atom. The SMILES string of the molecule is Cc1ccn2c(CC(=O)N(C)Cc3ccccc3)c(-c3ccc(C)c(C)c3)nc2c1. The first-order valence-corrected chi connectivity index (χ1v) is 10.3. The van der Waals surface area contributed by atoms with E-state index in [0.717, 1.165) is 33.7 Å². The third kappa shape index (κ3) is 3.99. The predicted octanol–water partition coefficient (Wildman–Crippen LogP) is 5.13. The molecule has 0 radical (unpaired) electrons. The molecular formula is C26H27N3O. The molecule has 0 unspecified atom stereocenters. The van der Waals surface area contributed by atoms with Crippen molar-refractivity contribution >= 4 is 11.6 Å². The Hall–Kier alpha value is -3.40. The molecule has 152 valence electrons. The molecule has 2 heterocycles.